The molecular weight excluding hydrogens is 370 g/mol. The molecule has 2 aromatic rings. The number of hydrogen-bond acceptors (Lipinski definition) is 2. The standard InChI is InChI=1S/C19H18BrNO3/c20-15-8-10-16-14(12-15)7-11-18(22)21(16)17(19(23)24)9-6-13-4-2-1-3-5-13/h1-5,8,10,12,17H,6-7,9,11H2,(H,23,24). The Kier molecular flexibility index (Phi) is 5.00. The zero-order valence-corrected chi connectivity index (χ0v) is 14.7. The van der Waals surface area contributed by atoms with E-state index in [2.05, 4.69) is 15.9 Å². The van der Waals surface area contributed by atoms with Crippen LogP contribution in [0.1, 0.15) is 24.0 Å². The lowest BCUT2D eigenvalue weighted by Crippen LogP contribution is -2.47. The van der Waals surface area contributed by atoms with Gasteiger partial charge < -0.3 is 5.11 Å². The maximum absolute atomic E-state index is 12.5. The van der Waals surface area contributed by atoms with E-state index in [1.54, 1.807) is 0 Å². The number of fused-ring (bicyclic) bond motifs is 1. The van der Waals surface area contributed by atoms with E-state index >= 15 is 0 Å². The molecule has 1 unspecified atom stereocenters. The summed E-state index contributed by atoms with van der Waals surface area (Å²) < 4.78 is 0.937. The minimum Gasteiger partial charge on any atom is -0.480 e. The Bertz CT molecular complexity index is 760. The highest BCUT2D eigenvalue weighted by Gasteiger charge is 2.34. The van der Waals surface area contributed by atoms with Gasteiger partial charge in [0.2, 0.25) is 5.91 Å². The van der Waals surface area contributed by atoms with E-state index in [1.807, 2.05) is 48.5 Å². The van der Waals surface area contributed by atoms with Crippen molar-refractivity contribution in [2.24, 2.45) is 0 Å². The summed E-state index contributed by atoms with van der Waals surface area (Å²) in [4.78, 5) is 25.8. The number of carbonyl (C=O) groups excluding carboxylic acids is 1. The smallest absolute Gasteiger partial charge is 0.326 e. The van der Waals surface area contributed by atoms with Gasteiger partial charge >= 0.3 is 5.97 Å². The average Bonchev–Trinajstić information content (AvgIpc) is 2.57. The molecule has 1 aliphatic heterocycles. The fourth-order valence-corrected chi connectivity index (χ4v) is 3.55. The van der Waals surface area contributed by atoms with Crippen LogP contribution in [0.2, 0.25) is 0 Å². The van der Waals surface area contributed by atoms with Gasteiger partial charge in [0.25, 0.3) is 0 Å². The quantitative estimate of drug-likeness (QED) is 0.848. The third-order valence-corrected chi connectivity index (χ3v) is 4.82. The lowest BCUT2D eigenvalue weighted by atomic mass is 9.97. The van der Waals surface area contributed by atoms with Gasteiger partial charge in [-0.1, -0.05) is 46.3 Å². The normalized spacial score (nSPS) is 15.0. The van der Waals surface area contributed by atoms with Crippen molar-refractivity contribution in [3.63, 3.8) is 0 Å². The third kappa shape index (κ3) is 3.51. The molecule has 0 fully saturated rings. The summed E-state index contributed by atoms with van der Waals surface area (Å²) in [5.41, 5.74) is 2.80. The van der Waals surface area contributed by atoms with Crippen LogP contribution in [0.25, 0.3) is 0 Å². The number of aryl methyl sites for hydroxylation is 2. The van der Waals surface area contributed by atoms with E-state index < -0.39 is 12.0 Å². The van der Waals surface area contributed by atoms with E-state index in [0.717, 1.165) is 21.3 Å². The molecule has 5 heteroatoms. The highest BCUT2D eigenvalue weighted by molar-refractivity contribution is 9.10. The Morgan fingerprint density at radius 2 is 1.92 bits per heavy atom. The van der Waals surface area contributed by atoms with Crippen LogP contribution in [0.15, 0.2) is 53.0 Å². The van der Waals surface area contributed by atoms with Gasteiger partial charge in [0.15, 0.2) is 0 Å². The van der Waals surface area contributed by atoms with Crippen LogP contribution in [-0.4, -0.2) is 23.0 Å². The van der Waals surface area contributed by atoms with Gasteiger partial charge in [0, 0.05) is 16.6 Å². The van der Waals surface area contributed by atoms with Crippen molar-refractivity contribution in [3.05, 3.63) is 64.1 Å². The van der Waals surface area contributed by atoms with E-state index in [9.17, 15) is 14.7 Å². The molecule has 1 N–H and O–H groups in total. The Morgan fingerprint density at radius 1 is 1.17 bits per heavy atom. The fourth-order valence-electron chi connectivity index (χ4n) is 3.14. The number of hydrogen-bond donors (Lipinski definition) is 1. The second-order valence-electron chi connectivity index (χ2n) is 5.92. The summed E-state index contributed by atoms with van der Waals surface area (Å²) in [7, 11) is 0. The van der Waals surface area contributed by atoms with Crippen LogP contribution in [0.4, 0.5) is 5.69 Å². The molecule has 1 aliphatic rings. The molecule has 1 atom stereocenters. The summed E-state index contributed by atoms with van der Waals surface area (Å²) in [6.45, 7) is 0. The van der Waals surface area contributed by atoms with Gasteiger partial charge in [0.05, 0.1) is 0 Å². The number of rotatable bonds is 5. The Balaban J connectivity index is 1.88. The highest BCUT2D eigenvalue weighted by atomic mass is 79.9. The minimum absolute atomic E-state index is 0.120. The largest absolute Gasteiger partial charge is 0.480 e. The molecule has 0 radical (unpaired) electrons. The van der Waals surface area contributed by atoms with Gasteiger partial charge in [-0.05, 0) is 48.6 Å². The number of anilines is 1. The zero-order chi connectivity index (χ0) is 17.1. The maximum Gasteiger partial charge on any atom is 0.326 e. The molecule has 0 saturated heterocycles. The molecule has 24 heavy (non-hydrogen) atoms. The van der Waals surface area contributed by atoms with Gasteiger partial charge in [-0.25, -0.2) is 4.79 Å². The van der Waals surface area contributed by atoms with Crippen LogP contribution in [-0.2, 0) is 22.4 Å². The van der Waals surface area contributed by atoms with Crippen molar-refractivity contribution < 1.29 is 14.7 Å². The lowest BCUT2D eigenvalue weighted by Gasteiger charge is -2.34. The number of carboxylic acid groups (broad SMARTS) is 1. The Morgan fingerprint density at radius 3 is 2.62 bits per heavy atom. The predicted molar refractivity (Wildman–Crippen MR) is 96.1 cm³/mol. The van der Waals surface area contributed by atoms with Crippen LogP contribution < -0.4 is 4.90 Å². The molecule has 3 rings (SSSR count). The average molecular weight is 388 g/mol. The van der Waals surface area contributed by atoms with Crippen molar-refractivity contribution in [2.45, 2.75) is 31.7 Å². The second-order valence-corrected chi connectivity index (χ2v) is 6.83. The van der Waals surface area contributed by atoms with E-state index in [4.69, 9.17) is 0 Å². The van der Waals surface area contributed by atoms with Crippen molar-refractivity contribution in [2.75, 3.05) is 4.90 Å². The first kappa shape index (κ1) is 16.7. The number of nitrogens with zero attached hydrogens (tertiary/aromatic N) is 1. The van der Waals surface area contributed by atoms with Crippen molar-refractivity contribution >= 4 is 33.5 Å². The zero-order valence-electron chi connectivity index (χ0n) is 13.1. The van der Waals surface area contributed by atoms with Crippen LogP contribution in [0, 0.1) is 0 Å². The van der Waals surface area contributed by atoms with Gasteiger partial charge in [-0.3, -0.25) is 9.69 Å². The first-order chi connectivity index (χ1) is 11.6. The molecule has 124 valence electrons. The van der Waals surface area contributed by atoms with E-state index in [-0.39, 0.29) is 5.91 Å². The number of aliphatic carboxylic acids is 1. The summed E-state index contributed by atoms with van der Waals surface area (Å²) in [6.07, 6.45) is 2.00. The number of carbonyl (C=O) groups is 2. The summed E-state index contributed by atoms with van der Waals surface area (Å²) in [5, 5.41) is 9.70. The van der Waals surface area contributed by atoms with Crippen molar-refractivity contribution in [1.29, 1.82) is 0 Å². The lowest BCUT2D eigenvalue weighted by molar-refractivity contribution is -0.140. The molecule has 4 nitrogen and oxygen atoms in total. The van der Waals surface area contributed by atoms with Crippen LogP contribution in [0.3, 0.4) is 0 Å². The Labute approximate surface area is 149 Å². The van der Waals surface area contributed by atoms with Gasteiger partial charge in [0.1, 0.15) is 6.04 Å². The Hall–Kier alpha value is -2.14. The van der Waals surface area contributed by atoms with E-state index in [0.29, 0.717) is 25.7 Å². The molecule has 1 amide bonds. The first-order valence-electron chi connectivity index (χ1n) is 7.93. The number of carboxylic acids is 1. The molecule has 2 aromatic carbocycles. The molecule has 0 aliphatic carbocycles. The highest BCUT2D eigenvalue weighted by Crippen LogP contribution is 2.32. The molecule has 0 aromatic heterocycles. The monoisotopic (exact) mass is 387 g/mol. The van der Waals surface area contributed by atoms with E-state index in [1.165, 1.54) is 4.90 Å². The second kappa shape index (κ2) is 7.18. The summed E-state index contributed by atoms with van der Waals surface area (Å²) >= 11 is 3.43. The maximum atomic E-state index is 12.5. The van der Waals surface area contributed by atoms with Gasteiger partial charge in [-0.2, -0.15) is 0 Å². The molecule has 0 saturated carbocycles. The van der Waals surface area contributed by atoms with Gasteiger partial charge in [-0.15, -0.1) is 0 Å². The minimum atomic E-state index is -0.963. The number of halogens is 1. The SMILES string of the molecule is O=C(O)C(CCc1ccccc1)N1C(=O)CCc2cc(Br)ccc21. The summed E-state index contributed by atoms with van der Waals surface area (Å²) in [6, 6.07) is 14.5. The number of benzene rings is 2. The molecule has 0 bridgehead atoms. The molecule has 1 heterocycles. The van der Waals surface area contributed by atoms with Crippen molar-refractivity contribution in [3.8, 4) is 0 Å². The predicted octanol–water partition coefficient (Wildman–Crippen LogP) is 3.81. The first-order valence-corrected chi connectivity index (χ1v) is 8.73. The van der Waals surface area contributed by atoms with Crippen molar-refractivity contribution in [1.82, 2.24) is 0 Å². The third-order valence-electron chi connectivity index (χ3n) is 4.32. The topological polar surface area (TPSA) is 57.6 Å². The van der Waals surface area contributed by atoms with Crippen LogP contribution in [0.5, 0.6) is 0 Å². The van der Waals surface area contributed by atoms with Crippen LogP contribution >= 0.6 is 15.9 Å². The number of amides is 1. The molecular formula is C19H18BrNO3. The molecule has 0 spiro atoms. The summed E-state index contributed by atoms with van der Waals surface area (Å²) in [5.74, 6) is -1.08. The fraction of sp³-hybridized carbons (Fsp3) is 0.263.